The van der Waals surface area contributed by atoms with Crippen molar-refractivity contribution in [2.75, 3.05) is 0 Å². The van der Waals surface area contributed by atoms with Crippen molar-refractivity contribution in [1.82, 2.24) is 0 Å². The van der Waals surface area contributed by atoms with Gasteiger partial charge in [-0.25, -0.2) is 0 Å². The molecular formula is C14H10S2-2. The average molecular weight is 242 g/mol. The highest BCUT2D eigenvalue weighted by molar-refractivity contribution is 7.77. The molecule has 0 aliphatic carbocycles. The van der Waals surface area contributed by atoms with Crippen LogP contribution >= 0.6 is 0 Å². The third-order valence-electron chi connectivity index (χ3n) is 2.28. The van der Waals surface area contributed by atoms with Gasteiger partial charge in [0.25, 0.3) is 0 Å². The summed E-state index contributed by atoms with van der Waals surface area (Å²) in [5, 5.41) is 0. The smallest absolute Gasteiger partial charge is 0.0463 e. The second kappa shape index (κ2) is 5.10. The molecule has 2 rings (SSSR count). The van der Waals surface area contributed by atoms with Crippen molar-refractivity contribution in [3.8, 4) is 0 Å². The largest absolute Gasteiger partial charge is 0.781 e. The molecule has 0 saturated carbocycles. The summed E-state index contributed by atoms with van der Waals surface area (Å²) in [4.78, 5) is 1.48. The van der Waals surface area contributed by atoms with Crippen LogP contribution in [0.3, 0.4) is 0 Å². The first-order valence-corrected chi connectivity index (χ1v) is 5.80. The first-order valence-electron chi connectivity index (χ1n) is 4.98. The molecule has 0 atom stereocenters. The Balaban J connectivity index is 2.43. The van der Waals surface area contributed by atoms with Gasteiger partial charge in [0.2, 0.25) is 0 Å². The molecule has 0 N–H and O–H groups in total. The zero-order valence-corrected chi connectivity index (χ0v) is 10.2. The number of benzene rings is 2. The van der Waals surface area contributed by atoms with Gasteiger partial charge in [-0.05, 0) is 11.1 Å². The molecule has 0 unspecified atom stereocenters. The lowest BCUT2D eigenvalue weighted by Gasteiger charge is -2.26. The van der Waals surface area contributed by atoms with Crippen LogP contribution in [0.25, 0.3) is 9.81 Å². The molecule has 80 valence electrons. The zero-order chi connectivity index (χ0) is 11.4. The van der Waals surface area contributed by atoms with E-state index in [1.54, 1.807) is 0 Å². The molecule has 0 saturated heterocycles. The summed E-state index contributed by atoms with van der Waals surface area (Å²) in [6.07, 6.45) is 0. The summed E-state index contributed by atoms with van der Waals surface area (Å²) >= 11 is 10.8. The van der Waals surface area contributed by atoms with E-state index in [0.717, 1.165) is 20.9 Å². The fourth-order valence-electron chi connectivity index (χ4n) is 1.44. The van der Waals surface area contributed by atoms with Crippen LogP contribution in [0.4, 0.5) is 0 Å². The molecule has 0 spiro atoms. The van der Waals surface area contributed by atoms with E-state index in [1.165, 1.54) is 0 Å². The van der Waals surface area contributed by atoms with Gasteiger partial charge in [-0.2, -0.15) is 9.81 Å². The highest BCUT2D eigenvalue weighted by atomic mass is 32.1. The third-order valence-corrected chi connectivity index (χ3v) is 3.29. The van der Waals surface area contributed by atoms with Gasteiger partial charge in [0.15, 0.2) is 0 Å². The predicted molar refractivity (Wildman–Crippen MR) is 74.4 cm³/mol. The summed E-state index contributed by atoms with van der Waals surface area (Å²) in [5.41, 5.74) is 2.01. The molecule has 0 radical (unpaired) electrons. The van der Waals surface area contributed by atoms with Crippen molar-refractivity contribution >= 4 is 35.1 Å². The van der Waals surface area contributed by atoms with E-state index in [2.05, 4.69) is 0 Å². The Hall–Kier alpha value is -1.38. The third kappa shape index (κ3) is 2.40. The van der Waals surface area contributed by atoms with Crippen LogP contribution in [-0.4, -0.2) is 0 Å². The quantitative estimate of drug-likeness (QED) is 0.583. The van der Waals surface area contributed by atoms with E-state index in [1.807, 2.05) is 60.7 Å². The molecule has 0 fully saturated rings. The summed E-state index contributed by atoms with van der Waals surface area (Å²) in [7, 11) is 0. The van der Waals surface area contributed by atoms with Gasteiger partial charge < -0.3 is 25.3 Å². The standard InChI is InChI=1S/C14H12S2/c15-13(11-7-3-1-4-8-11)14(16)12-9-5-2-6-10-12/h1-10,15-16H/p-2/b14-13+. The lowest BCUT2D eigenvalue weighted by atomic mass is 10.1. The summed E-state index contributed by atoms with van der Waals surface area (Å²) in [6, 6.07) is 19.7. The maximum atomic E-state index is 5.38. The van der Waals surface area contributed by atoms with Gasteiger partial charge in [-0.1, -0.05) is 60.7 Å². The molecule has 2 aromatic carbocycles. The molecule has 0 aliphatic heterocycles. The zero-order valence-electron chi connectivity index (χ0n) is 8.59. The van der Waals surface area contributed by atoms with Crippen LogP contribution in [0, 0.1) is 0 Å². The van der Waals surface area contributed by atoms with E-state index in [-0.39, 0.29) is 0 Å². The van der Waals surface area contributed by atoms with Gasteiger partial charge in [-0.15, -0.1) is 0 Å². The number of rotatable bonds is 2. The van der Waals surface area contributed by atoms with Gasteiger partial charge in [-0.3, -0.25) is 0 Å². The Morgan fingerprint density at radius 1 is 0.562 bits per heavy atom. The van der Waals surface area contributed by atoms with E-state index < -0.39 is 0 Å². The minimum atomic E-state index is 0.738. The second-order valence-electron chi connectivity index (χ2n) is 3.39. The molecule has 0 aliphatic rings. The summed E-state index contributed by atoms with van der Waals surface area (Å²) in [6.45, 7) is 0. The second-order valence-corrected chi connectivity index (χ2v) is 4.21. The highest BCUT2D eigenvalue weighted by Gasteiger charge is 1.90. The molecule has 0 heterocycles. The SMILES string of the molecule is [S-]/C(=C(/[S-])c1ccccc1)c1ccccc1. The van der Waals surface area contributed by atoms with Crippen molar-refractivity contribution in [3.05, 3.63) is 71.8 Å². The van der Waals surface area contributed by atoms with Crippen LogP contribution in [-0.2, 0) is 25.3 Å². The van der Waals surface area contributed by atoms with Crippen LogP contribution in [0.1, 0.15) is 11.1 Å². The fraction of sp³-hybridized carbons (Fsp3) is 0. The average Bonchev–Trinajstić information content (AvgIpc) is 2.39. The lowest BCUT2D eigenvalue weighted by molar-refractivity contribution is 1.63. The summed E-state index contributed by atoms with van der Waals surface area (Å²) < 4.78 is 0. The molecule has 0 bridgehead atoms. The van der Waals surface area contributed by atoms with Gasteiger partial charge in [0.05, 0.1) is 0 Å². The Morgan fingerprint density at radius 2 is 0.875 bits per heavy atom. The molecule has 2 heteroatoms. The van der Waals surface area contributed by atoms with Crippen LogP contribution in [0.2, 0.25) is 0 Å². The van der Waals surface area contributed by atoms with E-state index in [0.29, 0.717) is 0 Å². The first kappa shape index (κ1) is 11.1. The lowest BCUT2D eigenvalue weighted by Crippen LogP contribution is -1.86. The normalized spacial score (nSPS) is 12.0. The van der Waals surface area contributed by atoms with Gasteiger partial charge in [0.1, 0.15) is 0 Å². The van der Waals surface area contributed by atoms with Crippen molar-refractivity contribution in [2.45, 2.75) is 0 Å². The minimum absolute atomic E-state index is 0.738. The van der Waals surface area contributed by atoms with Crippen LogP contribution in [0.15, 0.2) is 60.7 Å². The van der Waals surface area contributed by atoms with Crippen molar-refractivity contribution < 1.29 is 0 Å². The number of hydrogen-bond donors (Lipinski definition) is 0. The van der Waals surface area contributed by atoms with E-state index in [9.17, 15) is 0 Å². The van der Waals surface area contributed by atoms with Gasteiger partial charge in [0, 0.05) is 0 Å². The van der Waals surface area contributed by atoms with Crippen molar-refractivity contribution in [1.29, 1.82) is 0 Å². The minimum Gasteiger partial charge on any atom is -0.781 e. The molecule has 0 nitrogen and oxygen atoms in total. The number of hydrogen-bond acceptors (Lipinski definition) is 2. The Kier molecular flexibility index (Phi) is 3.54. The molecule has 16 heavy (non-hydrogen) atoms. The molecule has 0 aromatic heterocycles. The Bertz CT molecular complexity index is 439. The highest BCUT2D eigenvalue weighted by Crippen LogP contribution is 2.23. The monoisotopic (exact) mass is 242 g/mol. The van der Waals surface area contributed by atoms with Crippen molar-refractivity contribution in [3.63, 3.8) is 0 Å². The predicted octanol–water partition coefficient (Wildman–Crippen LogP) is 3.61. The molecular weight excluding hydrogens is 232 g/mol. The maximum absolute atomic E-state index is 5.38. The first-order chi connectivity index (χ1) is 7.79. The van der Waals surface area contributed by atoms with Gasteiger partial charge >= 0.3 is 0 Å². The van der Waals surface area contributed by atoms with E-state index >= 15 is 0 Å². The van der Waals surface area contributed by atoms with E-state index in [4.69, 9.17) is 25.3 Å². The summed E-state index contributed by atoms with van der Waals surface area (Å²) in [5.74, 6) is 0. The van der Waals surface area contributed by atoms with Crippen molar-refractivity contribution in [2.24, 2.45) is 0 Å². The molecule has 2 aromatic rings. The van der Waals surface area contributed by atoms with Crippen LogP contribution < -0.4 is 0 Å². The van der Waals surface area contributed by atoms with Crippen LogP contribution in [0.5, 0.6) is 0 Å². The molecule has 0 amide bonds. The fourth-order valence-corrected chi connectivity index (χ4v) is 1.95. The topological polar surface area (TPSA) is 0 Å². The Morgan fingerprint density at radius 3 is 1.19 bits per heavy atom. The Labute approximate surface area is 107 Å². The maximum Gasteiger partial charge on any atom is -0.0463 e.